The maximum atomic E-state index is 11.3. The van der Waals surface area contributed by atoms with Crippen LogP contribution in [0.3, 0.4) is 0 Å². The largest absolute Gasteiger partial charge is 0.497 e. The topological polar surface area (TPSA) is 51.2 Å². The van der Waals surface area contributed by atoms with Crippen LogP contribution in [0.25, 0.3) is 11.3 Å². The number of benzene rings is 2. The molecule has 0 amide bonds. The van der Waals surface area contributed by atoms with E-state index in [9.17, 15) is 4.79 Å². The van der Waals surface area contributed by atoms with E-state index >= 15 is 0 Å². The van der Waals surface area contributed by atoms with Gasteiger partial charge in [-0.3, -0.25) is 4.79 Å². The first-order valence-electron chi connectivity index (χ1n) is 7.55. The van der Waals surface area contributed by atoms with E-state index in [0.717, 1.165) is 33.4 Å². The monoisotopic (exact) mass is 338 g/mol. The summed E-state index contributed by atoms with van der Waals surface area (Å²) < 4.78 is 5.24. The zero-order chi connectivity index (χ0) is 17.1. The van der Waals surface area contributed by atoms with Crippen molar-refractivity contribution in [2.45, 2.75) is 13.8 Å². The maximum Gasteiger partial charge on any atom is 0.187 e. The normalized spacial score (nSPS) is 10.5. The molecular weight excluding hydrogens is 320 g/mol. The molecule has 0 aliphatic carbocycles. The summed E-state index contributed by atoms with van der Waals surface area (Å²) in [5.41, 5.74) is 4.76. The number of hydrogen-bond acceptors (Lipinski definition) is 5. The molecule has 3 aromatic rings. The van der Waals surface area contributed by atoms with Crippen molar-refractivity contribution in [2.24, 2.45) is 0 Å². The van der Waals surface area contributed by atoms with Crippen molar-refractivity contribution >= 4 is 27.9 Å². The number of carbonyl (C=O) groups excluding carboxylic acids is 1. The second-order valence-electron chi connectivity index (χ2n) is 5.48. The smallest absolute Gasteiger partial charge is 0.187 e. The first kappa shape index (κ1) is 16.2. The third-order valence-corrected chi connectivity index (χ3v) is 4.51. The van der Waals surface area contributed by atoms with E-state index in [1.807, 2.05) is 54.8 Å². The minimum atomic E-state index is 0.0630. The van der Waals surface area contributed by atoms with Crippen molar-refractivity contribution in [1.29, 1.82) is 0 Å². The molecule has 0 aliphatic heterocycles. The lowest BCUT2D eigenvalue weighted by molar-refractivity contribution is 0.101. The molecule has 0 atom stereocenters. The molecule has 5 heteroatoms. The molecule has 0 unspecified atom stereocenters. The molecule has 1 N–H and O–H groups in total. The van der Waals surface area contributed by atoms with Gasteiger partial charge >= 0.3 is 0 Å². The highest BCUT2D eigenvalue weighted by Crippen LogP contribution is 2.30. The molecule has 0 saturated carbocycles. The van der Waals surface area contributed by atoms with Crippen molar-refractivity contribution in [1.82, 2.24) is 4.98 Å². The Kier molecular flexibility index (Phi) is 4.62. The Labute approximate surface area is 145 Å². The third kappa shape index (κ3) is 3.46. The van der Waals surface area contributed by atoms with Gasteiger partial charge in [-0.1, -0.05) is 0 Å². The Morgan fingerprint density at radius 2 is 1.92 bits per heavy atom. The van der Waals surface area contributed by atoms with E-state index < -0.39 is 0 Å². The molecule has 0 spiro atoms. The second kappa shape index (κ2) is 6.84. The van der Waals surface area contributed by atoms with Gasteiger partial charge in [-0.15, -0.1) is 11.3 Å². The lowest BCUT2D eigenvalue weighted by Gasteiger charge is -2.06. The van der Waals surface area contributed by atoms with Crippen LogP contribution in [0, 0.1) is 6.92 Å². The average molecular weight is 338 g/mol. The minimum Gasteiger partial charge on any atom is -0.497 e. The number of ether oxygens (including phenoxy) is 1. The summed E-state index contributed by atoms with van der Waals surface area (Å²) in [5, 5.41) is 6.12. The van der Waals surface area contributed by atoms with Gasteiger partial charge in [-0.05, 0) is 61.9 Å². The number of nitrogens with one attached hydrogen (secondary N) is 1. The van der Waals surface area contributed by atoms with Crippen LogP contribution in [-0.4, -0.2) is 17.9 Å². The highest BCUT2D eigenvalue weighted by Gasteiger charge is 2.09. The van der Waals surface area contributed by atoms with Gasteiger partial charge in [0, 0.05) is 22.2 Å². The summed E-state index contributed by atoms with van der Waals surface area (Å²) in [5.74, 6) is 0.906. The Balaban J connectivity index is 1.79. The first-order valence-corrected chi connectivity index (χ1v) is 8.43. The second-order valence-corrected chi connectivity index (χ2v) is 6.34. The molecule has 0 radical (unpaired) electrons. The van der Waals surface area contributed by atoms with Gasteiger partial charge in [0.25, 0.3) is 0 Å². The van der Waals surface area contributed by atoms with Crippen molar-refractivity contribution in [2.75, 3.05) is 12.4 Å². The van der Waals surface area contributed by atoms with Gasteiger partial charge < -0.3 is 10.1 Å². The van der Waals surface area contributed by atoms with E-state index in [2.05, 4.69) is 10.3 Å². The van der Waals surface area contributed by atoms with Gasteiger partial charge in [0.2, 0.25) is 0 Å². The zero-order valence-corrected chi connectivity index (χ0v) is 14.6. The molecule has 2 aromatic carbocycles. The molecule has 0 saturated heterocycles. The number of methoxy groups -OCH3 is 1. The van der Waals surface area contributed by atoms with E-state index in [4.69, 9.17) is 4.74 Å². The summed E-state index contributed by atoms with van der Waals surface area (Å²) in [6, 6.07) is 13.4. The Hall–Kier alpha value is -2.66. The highest BCUT2D eigenvalue weighted by atomic mass is 32.1. The van der Waals surface area contributed by atoms with Crippen LogP contribution >= 0.6 is 11.3 Å². The summed E-state index contributed by atoms with van der Waals surface area (Å²) in [6.07, 6.45) is 0. The summed E-state index contributed by atoms with van der Waals surface area (Å²) >= 11 is 1.55. The van der Waals surface area contributed by atoms with E-state index in [-0.39, 0.29) is 5.78 Å². The zero-order valence-electron chi connectivity index (χ0n) is 13.8. The number of hydrogen-bond donors (Lipinski definition) is 1. The lowest BCUT2D eigenvalue weighted by atomic mass is 10.1. The summed E-state index contributed by atoms with van der Waals surface area (Å²) in [6.45, 7) is 3.61. The third-order valence-electron chi connectivity index (χ3n) is 3.76. The van der Waals surface area contributed by atoms with Crippen LogP contribution in [-0.2, 0) is 0 Å². The first-order chi connectivity index (χ1) is 11.6. The quantitative estimate of drug-likeness (QED) is 0.660. The van der Waals surface area contributed by atoms with Crippen molar-refractivity contribution in [3.63, 3.8) is 0 Å². The molecule has 122 valence electrons. The molecule has 0 bridgehead atoms. The number of nitrogens with zero attached hydrogens (tertiary/aromatic N) is 1. The molecule has 4 nitrogen and oxygen atoms in total. The fourth-order valence-corrected chi connectivity index (χ4v) is 3.15. The maximum absolute atomic E-state index is 11.3. The van der Waals surface area contributed by atoms with Gasteiger partial charge in [-0.2, -0.15) is 0 Å². The standard InChI is InChI=1S/C19H18N2O2S/c1-12-10-16(23-3)8-9-17(12)18-11-24-19(21-18)20-15-6-4-14(5-7-15)13(2)22/h4-11H,1-3H3,(H,20,21). The molecule has 0 fully saturated rings. The van der Waals surface area contributed by atoms with Crippen LogP contribution in [0.4, 0.5) is 10.8 Å². The lowest BCUT2D eigenvalue weighted by Crippen LogP contribution is -1.94. The summed E-state index contributed by atoms with van der Waals surface area (Å²) in [7, 11) is 1.66. The van der Waals surface area contributed by atoms with Crippen LogP contribution in [0.1, 0.15) is 22.8 Å². The Morgan fingerprint density at radius 1 is 1.17 bits per heavy atom. The van der Waals surface area contributed by atoms with Crippen molar-refractivity contribution in [3.05, 3.63) is 59.0 Å². The van der Waals surface area contributed by atoms with E-state index in [0.29, 0.717) is 5.56 Å². The Morgan fingerprint density at radius 3 is 2.54 bits per heavy atom. The summed E-state index contributed by atoms with van der Waals surface area (Å²) in [4.78, 5) is 16.0. The number of aryl methyl sites for hydroxylation is 1. The van der Waals surface area contributed by atoms with Crippen molar-refractivity contribution in [3.8, 4) is 17.0 Å². The fraction of sp³-hybridized carbons (Fsp3) is 0.158. The highest BCUT2D eigenvalue weighted by molar-refractivity contribution is 7.14. The SMILES string of the molecule is COc1ccc(-c2csc(Nc3ccc(C(C)=O)cc3)n2)c(C)c1. The molecule has 0 aliphatic rings. The van der Waals surface area contributed by atoms with Gasteiger partial charge in [-0.25, -0.2) is 4.98 Å². The number of thiazole rings is 1. The van der Waals surface area contributed by atoms with Gasteiger partial charge in [0.05, 0.1) is 12.8 Å². The Bertz CT molecular complexity index is 869. The number of ketones is 1. The van der Waals surface area contributed by atoms with Crippen LogP contribution in [0.2, 0.25) is 0 Å². The number of aromatic nitrogens is 1. The molecule has 1 heterocycles. The number of Topliss-reactive ketones (excluding diaryl/α,β-unsaturated/α-hetero) is 1. The predicted octanol–water partition coefficient (Wildman–Crippen LogP) is 5.07. The van der Waals surface area contributed by atoms with Gasteiger partial charge in [0.1, 0.15) is 5.75 Å². The number of rotatable bonds is 5. The van der Waals surface area contributed by atoms with E-state index in [1.165, 1.54) is 0 Å². The van der Waals surface area contributed by atoms with Crippen LogP contribution in [0.15, 0.2) is 47.8 Å². The van der Waals surface area contributed by atoms with Crippen molar-refractivity contribution < 1.29 is 9.53 Å². The van der Waals surface area contributed by atoms with Crippen LogP contribution < -0.4 is 10.1 Å². The fourth-order valence-electron chi connectivity index (χ4n) is 2.42. The number of carbonyl (C=O) groups is 1. The molecular formula is C19H18N2O2S. The van der Waals surface area contributed by atoms with Crippen LogP contribution in [0.5, 0.6) is 5.75 Å². The van der Waals surface area contributed by atoms with E-state index in [1.54, 1.807) is 25.4 Å². The predicted molar refractivity (Wildman–Crippen MR) is 98.6 cm³/mol. The molecule has 3 rings (SSSR count). The van der Waals surface area contributed by atoms with Gasteiger partial charge in [0.15, 0.2) is 10.9 Å². The average Bonchev–Trinajstić information content (AvgIpc) is 3.03. The molecule has 1 aromatic heterocycles. The minimum absolute atomic E-state index is 0.0630. The number of anilines is 2. The molecule has 24 heavy (non-hydrogen) atoms.